The summed E-state index contributed by atoms with van der Waals surface area (Å²) in [4.78, 5) is 16.9. The van der Waals surface area contributed by atoms with Crippen molar-refractivity contribution in [1.82, 2.24) is 4.98 Å². The molecule has 0 spiro atoms. The van der Waals surface area contributed by atoms with Crippen LogP contribution in [0.4, 0.5) is 5.69 Å². The maximum Gasteiger partial charge on any atom is 0.234 e. The summed E-state index contributed by atoms with van der Waals surface area (Å²) in [6.07, 6.45) is 0. The minimum atomic E-state index is -0.000885. The van der Waals surface area contributed by atoms with Gasteiger partial charge >= 0.3 is 0 Å². The number of nitrogens with zero attached hydrogens (tertiary/aromatic N) is 1. The van der Waals surface area contributed by atoms with Crippen molar-refractivity contribution in [1.29, 1.82) is 0 Å². The van der Waals surface area contributed by atoms with Crippen LogP contribution in [-0.2, 0) is 10.5 Å². The fourth-order valence-electron chi connectivity index (χ4n) is 2.78. The van der Waals surface area contributed by atoms with E-state index in [4.69, 9.17) is 9.47 Å². The van der Waals surface area contributed by atoms with Crippen molar-refractivity contribution in [2.45, 2.75) is 19.6 Å². The van der Waals surface area contributed by atoms with E-state index in [2.05, 4.69) is 10.3 Å². The maximum atomic E-state index is 12.2. The summed E-state index contributed by atoms with van der Waals surface area (Å²) in [7, 11) is 3.24. The molecule has 1 heterocycles. The Morgan fingerprint density at radius 3 is 2.66 bits per heavy atom. The largest absolute Gasteiger partial charge is 0.493 e. The molecule has 3 rings (SSSR count). The molecule has 7 heteroatoms. The predicted molar refractivity (Wildman–Crippen MR) is 121 cm³/mol. The molecule has 5 nitrogen and oxygen atoms in total. The second-order valence-electron chi connectivity index (χ2n) is 6.57. The van der Waals surface area contributed by atoms with E-state index in [1.54, 1.807) is 37.3 Å². The molecule has 152 valence electrons. The van der Waals surface area contributed by atoms with Crippen LogP contribution < -0.4 is 14.8 Å². The number of carbonyl (C=O) groups excluding carboxylic acids is 1. The van der Waals surface area contributed by atoms with Crippen LogP contribution in [0.25, 0.3) is 10.6 Å². The normalized spacial score (nSPS) is 10.6. The Balaban J connectivity index is 1.55. The van der Waals surface area contributed by atoms with Crippen LogP contribution in [0.3, 0.4) is 0 Å². The Kier molecular flexibility index (Phi) is 7.17. The zero-order chi connectivity index (χ0) is 20.8. The number of carbonyl (C=O) groups is 1. The average Bonchev–Trinajstić information content (AvgIpc) is 3.19. The zero-order valence-corrected chi connectivity index (χ0v) is 18.6. The first-order valence-corrected chi connectivity index (χ1v) is 11.1. The highest BCUT2D eigenvalue weighted by Gasteiger charge is 2.11. The van der Waals surface area contributed by atoms with Gasteiger partial charge in [0.15, 0.2) is 11.5 Å². The number of aromatic nitrogens is 1. The van der Waals surface area contributed by atoms with Gasteiger partial charge in [0, 0.05) is 22.4 Å². The number of hydrogen-bond acceptors (Lipinski definition) is 6. The van der Waals surface area contributed by atoms with Gasteiger partial charge in [0.2, 0.25) is 5.91 Å². The van der Waals surface area contributed by atoms with Crippen molar-refractivity contribution in [2.24, 2.45) is 0 Å². The molecule has 0 aliphatic carbocycles. The van der Waals surface area contributed by atoms with E-state index in [0.717, 1.165) is 33.1 Å². The summed E-state index contributed by atoms with van der Waals surface area (Å²) in [5, 5.41) is 5.94. The number of rotatable bonds is 8. The van der Waals surface area contributed by atoms with Gasteiger partial charge in [0.25, 0.3) is 0 Å². The van der Waals surface area contributed by atoms with E-state index in [0.29, 0.717) is 23.0 Å². The molecule has 0 radical (unpaired) electrons. The average molecular weight is 429 g/mol. The summed E-state index contributed by atoms with van der Waals surface area (Å²) < 4.78 is 10.6. The lowest BCUT2D eigenvalue weighted by molar-refractivity contribution is -0.113. The highest BCUT2D eigenvalue weighted by Crippen LogP contribution is 2.34. The van der Waals surface area contributed by atoms with Crippen LogP contribution in [0.2, 0.25) is 0 Å². The third kappa shape index (κ3) is 5.52. The minimum Gasteiger partial charge on any atom is -0.493 e. The van der Waals surface area contributed by atoms with Gasteiger partial charge in [-0.05, 0) is 49.2 Å². The lowest BCUT2D eigenvalue weighted by atomic mass is 10.1. The van der Waals surface area contributed by atoms with Gasteiger partial charge in [0.05, 0.1) is 25.7 Å². The van der Waals surface area contributed by atoms with Crippen LogP contribution >= 0.6 is 23.1 Å². The Morgan fingerprint density at radius 1 is 1.10 bits per heavy atom. The molecule has 3 aromatic rings. The fourth-order valence-corrected chi connectivity index (χ4v) is 4.42. The molecule has 2 aromatic carbocycles. The monoisotopic (exact) mass is 428 g/mol. The number of ether oxygens (including phenoxy) is 2. The number of aryl methyl sites for hydroxylation is 2. The molecule has 1 N–H and O–H groups in total. The van der Waals surface area contributed by atoms with Crippen LogP contribution in [0.5, 0.6) is 11.5 Å². The first kappa shape index (κ1) is 21.2. The molecule has 0 aliphatic heterocycles. The number of thiazole rings is 1. The fraction of sp³-hybridized carbons (Fsp3) is 0.273. The number of methoxy groups -OCH3 is 2. The SMILES string of the molecule is COc1ccc(-c2nc(CSCC(=O)Nc3cc(C)ccc3C)cs2)cc1OC. The molecule has 0 saturated heterocycles. The zero-order valence-electron chi connectivity index (χ0n) is 16.9. The summed E-state index contributed by atoms with van der Waals surface area (Å²) in [5.41, 5.74) is 5.01. The number of hydrogen-bond donors (Lipinski definition) is 1. The van der Waals surface area contributed by atoms with E-state index in [1.807, 2.05) is 55.6 Å². The van der Waals surface area contributed by atoms with Crippen LogP contribution in [0.1, 0.15) is 16.8 Å². The van der Waals surface area contributed by atoms with Crippen molar-refractivity contribution < 1.29 is 14.3 Å². The van der Waals surface area contributed by atoms with Crippen LogP contribution in [-0.4, -0.2) is 30.9 Å². The van der Waals surface area contributed by atoms with Crippen molar-refractivity contribution in [3.05, 3.63) is 58.6 Å². The van der Waals surface area contributed by atoms with Gasteiger partial charge in [-0.3, -0.25) is 4.79 Å². The minimum absolute atomic E-state index is 0.000885. The number of anilines is 1. The number of amides is 1. The Hall–Kier alpha value is -2.51. The van der Waals surface area contributed by atoms with E-state index >= 15 is 0 Å². The van der Waals surface area contributed by atoms with Crippen LogP contribution in [0, 0.1) is 13.8 Å². The quantitative estimate of drug-likeness (QED) is 0.526. The van der Waals surface area contributed by atoms with Gasteiger partial charge in [-0.15, -0.1) is 23.1 Å². The lowest BCUT2D eigenvalue weighted by Gasteiger charge is -2.09. The lowest BCUT2D eigenvalue weighted by Crippen LogP contribution is -2.15. The molecule has 0 atom stereocenters. The maximum absolute atomic E-state index is 12.2. The number of nitrogens with one attached hydrogen (secondary N) is 1. The molecule has 0 saturated carbocycles. The Morgan fingerprint density at radius 2 is 1.90 bits per heavy atom. The Bertz CT molecular complexity index is 1000. The molecule has 0 bridgehead atoms. The molecule has 0 fully saturated rings. The van der Waals surface area contributed by atoms with E-state index in [1.165, 1.54) is 0 Å². The first-order valence-electron chi connectivity index (χ1n) is 9.12. The molecule has 1 amide bonds. The summed E-state index contributed by atoms with van der Waals surface area (Å²) in [6.45, 7) is 4.01. The van der Waals surface area contributed by atoms with E-state index in [9.17, 15) is 4.79 Å². The van der Waals surface area contributed by atoms with Crippen molar-refractivity contribution in [2.75, 3.05) is 25.3 Å². The second kappa shape index (κ2) is 9.80. The van der Waals surface area contributed by atoms with Crippen LogP contribution in [0.15, 0.2) is 41.8 Å². The smallest absolute Gasteiger partial charge is 0.234 e. The van der Waals surface area contributed by atoms with Crippen molar-refractivity contribution in [3.8, 4) is 22.1 Å². The highest BCUT2D eigenvalue weighted by molar-refractivity contribution is 7.99. The molecule has 0 aliphatic rings. The third-order valence-corrected chi connectivity index (χ3v) is 6.24. The molecular weight excluding hydrogens is 404 g/mol. The van der Waals surface area contributed by atoms with E-state index < -0.39 is 0 Å². The molecular formula is C22H24N2O3S2. The molecule has 0 unspecified atom stereocenters. The first-order chi connectivity index (χ1) is 14.0. The van der Waals surface area contributed by atoms with Gasteiger partial charge in [-0.1, -0.05) is 12.1 Å². The number of benzene rings is 2. The summed E-state index contributed by atoms with van der Waals surface area (Å²) >= 11 is 3.13. The van der Waals surface area contributed by atoms with Gasteiger partial charge in [0.1, 0.15) is 5.01 Å². The number of thioether (sulfide) groups is 1. The predicted octanol–water partition coefficient (Wildman–Crippen LogP) is 5.32. The second-order valence-corrected chi connectivity index (χ2v) is 8.42. The summed E-state index contributed by atoms with van der Waals surface area (Å²) in [5.74, 6) is 2.44. The third-order valence-electron chi connectivity index (χ3n) is 4.33. The summed E-state index contributed by atoms with van der Waals surface area (Å²) in [6, 6.07) is 11.8. The van der Waals surface area contributed by atoms with Gasteiger partial charge in [-0.2, -0.15) is 0 Å². The van der Waals surface area contributed by atoms with Crippen molar-refractivity contribution in [3.63, 3.8) is 0 Å². The molecule has 29 heavy (non-hydrogen) atoms. The van der Waals surface area contributed by atoms with Crippen molar-refractivity contribution >= 4 is 34.7 Å². The van der Waals surface area contributed by atoms with Gasteiger partial charge < -0.3 is 14.8 Å². The van der Waals surface area contributed by atoms with E-state index in [-0.39, 0.29) is 5.91 Å². The Labute approximate surface area is 179 Å². The highest BCUT2D eigenvalue weighted by atomic mass is 32.2. The standard InChI is InChI=1S/C22H24N2O3S2/c1-14-5-6-15(2)18(9-14)24-21(25)13-28-11-17-12-29-22(23-17)16-7-8-19(26-3)20(10-16)27-4/h5-10,12H,11,13H2,1-4H3,(H,24,25). The van der Waals surface area contributed by atoms with Gasteiger partial charge in [-0.25, -0.2) is 4.98 Å². The molecule has 1 aromatic heterocycles. The topological polar surface area (TPSA) is 60.5 Å².